The van der Waals surface area contributed by atoms with E-state index < -0.39 is 10.8 Å². The Morgan fingerprint density at radius 3 is 1.71 bits per heavy atom. The van der Waals surface area contributed by atoms with E-state index in [0.717, 1.165) is 0 Å². The van der Waals surface area contributed by atoms with Crippen LogP contribution < -0.4 is 0 Å². The molecule has 0 aromatic carbocycles. The Morgan fingerprint density at radius 2 is 1.71 bits per heavy atom. The second-order valence-electron chi connectivity index (χ2n) is 0.639. The first-order chi connectivity index (χ1) is 2.64. The fourth-order valence-corrected chi connectivity index (χ4v) is 0. The SMILES string of the molecule is O=C(O)C(Cl)Cl.[Na]. The first-order valence-corrected chi connectivity index (χ1v) is 2.03. The number of carbonyl (C=O) groups is 1. The standard InChI is InChI=1S/C2H2Cl2O2.Na/c3-1(4)2(5)6;/h1H,(H,5,6);. The number of aliphatic carboxylic acids is 1. The van der Waals surface area contributed by atoms with Gasteiger partial charge in [-0.3, -0.25) is 0 Å². The molecule has 0 fully saturated rings. The van der Waals surface area contributed by atoms with Crippen LogP contribution in [-0.4, -0.2) is 45.5 Å². The Morgan fingerprint density at radius 1 is 1.57 bits per heavy atom. The van der Waals surface area contributed by atoms with Gasteiger partial charge in [0.1, 0.15) is 0 Å². The van der Waals surface area contributed by atoms with Crippen molar-refractivity contribution in [2.24, 2.45) is 0 Å². The van der Waals surface area contributed by atoms with Crippen LogP contribution in [0.25, 0.3) is 0 Å². The molecule has 0 aliphatic carbocycles. The summed E-state index contributed by atoms with van der Waals surface area (Å²) in [6, 6.07) is 0. The van der Waals surface area contributed by atoms with Crippen molar-refractivity contribution in [1.29, 1.82) is 0 Å². The van der Waals surface area contributed by atoms with E-state index in [2.05, 4.69) is 0 Å². The number of rotatable bonds is 1. The van der Waals surface area contributed by atoms with Crippen molar-refractivity contribution in [1.82, 2.24) is 0 Å². The zero-order chi connectivity index (χ0) is 5.15. The fraction of sp³-hybridized carbons (Fsp3) is 0.500. The van der Waals surface area contributed by atoms with E-state index in [9.17, 15) is 4.79 Å². The van der Waals surface area contributed by atoms with Crippen LogP contribution in [0.15, 0.2) is 0 Å². The Hall–Kier alpha value is 1.05. The third-order valence-electron chi connectivity index (χ3n) is 0.187. The number of hydrogen-bond donors (Lipinski definition) is 1. The number of hydrogen-bond acceptors (Lipinski definition) is 1. The zero-order valence-corrected chi connectivity index (χ0v) is 7.20. The van der Waals surface area contributed by atoms with Crippen molar-refractivity contribution >= 4 is 58.7 Å². The summed E-state index contributed by atoms with van der Waals surface area (Å²) in [4.78, 5) is 8.15. The molecule has 0 spiro atoms. The quantitative estimate of drug-likeness (QED) is 0.438. The van der Waals surface area contributed by atoms with Crippen molar-refractivity contribution < 1.29 is 9.90 Å². The maximum atomic E-state index is 9.44. The van der Waals surface area contributed by atoms with E-state index in [1.807, 2.05) is 0 Å². The zero-order valence-electron chi connectivity index (χ0n) is 3.69. The molecule has 0 saturated heterocycles. The summed E-state index contributed by atoms with van der Waals surface area (Å²) in [7, 11) is 0. The van der Waals surface area contributed by atoms with Crippen molar-refractivity contribution in [3.63, 3.8) is 0 Å². The molecule has 0 aliphatic rings. The Bertz CT molecular complexity index is 64.7. The van der Waals surface area contributed by atoms with E-state index in [4.69, 9.17) is 28.3 Å². The molecule has 0 unspecified atom stereocenters. The van der Waals surface area contributed by atoms with Crippen LogP contribution in [-0.2, 0) is 4.79 Å². The summed E-state index contributed by atoms with van der Waals surface area (Å²) >= 11 is 9.56. The molecule has 1 radical (unpaired) electrons. The van der Waals surface area contributed by atoms with Crippen LogP contribution in [0.3, 0.4) is 0 Å². The maximum absolute atomic E-state index is 9.44. The monoisotopic (exact) mass is 151 g/mol. The molecular weight excluding hydrogens is 150 g/mol. The summed E-state index contributed by atoms with van der Waals surface area (Å²) in [5.41, 5.74) is 0. The van der Waals surface area contributed by atoms with Crippen LogP contribution in [0.2, 0.25) is 0 Å². The first-order valence-electron chi connectivity index (χ1n) is 1.15. The van der Waals surface area contributed by atoms with Gasteiger partial charge in [-0.05, 0) is 0 Å². The molecule has 0 aliphatic heterocycles. The maximum Gasteiger partial charge on any atom is 0.337 e. The van der Waals surface area contributed by atoms with Gasteiger partial charge >= 0.3 is 5.97 Å². The minimum atomic E-state index is -1.29. The minimum absolute atomic E-state index is 0. The van der Waals surface area contributed by atoms with Crippen LogP contribution >= 0.6 is 23.2 Å². The Labute approximate surface area is 73.1 Å². The molecule has 2 nitrogen and oxygen atoms in total. The van der Waals surface area contributed by atoms with E-state index >= 15 is 0 Å². The largest absolute Gasteiger partial charge is 0.479 e. The molecule has 0 bridgehead atoms. The second kappa shape index (κ2) is 5.19. The van der Waals surface area contributed by atoms with E-state index in [1.54, 1.807) is 0 Å². The smallest absolute Gasteiger partial charge is 0.337 e. The van der Waals surface area contributed by atoms with Crippen molar-refractivity contribution in [3.05, 3.63) is 0 Å². The van der Waals surface area contributed by atoms with Crippen molar-refractivity contribution in [2.45, 2.75) is 4.84 Å². The van der Waals surface area contributed by atoms with E-state index in [0.29, 0.717) is 0 Å². The Balaban J connectivity index is 0. The summed E-state index contributed by atoms with van der Waals surface area (Å²) in [5.74, 6) is -1.21. The van der Waals surface area contributed by atoms with Gasteiger partial charge < -0.3 is 5.11 Å². The normalized spacial score (nSPS) is 7.86. The summed E-state index contributed by atoms with van der Waals surface area (Å²) in [5, 5.41) is 7.73. The molecule has 1 N–H and O–H groups in total. The average Bonchev–Trinajstić information content (AvgIpc) is 1.36. The molecule has 0 atom stereocenters. The molecule has 0 rings (SSSR count). The molecule has 0 heterocycles. The molecule has 0 saturated carbocycles. The van der Waals surface area contributed by atoms with Crippen LogP contribution in [0.5, 0.6) is 0 Å². The summed E-state index contributed by atoms with van der Waals surface area (Å²) < 4.78 is 0. The number of carboxylic acid groups (broad SMARTS) is 1. The summed E-state index contributed by atoms with van der Waals surface area (Å²) in [6.45, 7) is 0. The average molecular weight is 152 g/mol. The first kappa shape index (κ1) is 10.9. The number of alkyl halides is 2. The van der Waals surface area contributed by atoms with Crippen LogP contribution in [0.4, 0.5) is 0 Å². The number of carboxylic acids is 1. The third-order valence-corrected chi connectivity index (χ3v) is 0.560. The molecule has 37 valence electrons. The predicted octanol–water partition coefficient (Wildman–Crippen LogP) is 0.494. The van der Waals surface area contributed by atoms with Gasteiger partial charge in [0.15, 0.2) is 0 Å². The van der Waals surface area contributed by atoms with E-state index in [-0.39, 0.29) is 29.6 Å². The van der Waals surface area contributed by atoms with Crippen molar-refractivity contribution in [2.75, 3.05) is 0 Å². The van der Waals surface area contributed by atoms with Gasteiger partial charge in [-0.15, -0.1) is 0 Å². The van der Waals surface area contributed by atoms with Gasteiger partial charge in [-0.2, -0.15) is 0 Å². The number of halogens is 2. The molecule has 0 aromatic rings. The van der Waals surface area contributed by atoms with E-state index in [1.165, 1.54) is 0 Å². The minimum Gasteiger partial charge on any atom is -0.479 e. The van der Waals surface area contributed by atoms with Gasteiger partial charge in [0.2, 0.25) is 4.84 Å². The fourth-order valence-electron chi connectivity index (χ4n) is 0. The van der Waals surface area contributed by atoms with Gasteiger partial charge in [0, 0.05) is 29.6 Å². The summed E-state index contributed by atoms with van der Waals surface area (Å²) in [6.07, 6.45) is 0. The molecule has 0 amide bonds. The second-order valence-corrected chi connectivity index (χ2v) is 1.74. The molecule has 5 heteroatoms. The third kappa shape index (κ3) is 7.05. The molecule has 7 heavy (non-hydrogen) atoms. The topological polar surface area (TPSA) is 37.3 Å². The van der Waals surface area contributed by atoms with Gasteiger partial charge in [0.25, 0.3) is 0 Å². The Kier molecular flexibility index (Phi) is 8.11. The molecular formula is C2H2Cl2NaO2. The predicted molar refractivity (Wildman–Crippen MR) is 28.9 cm³/mol. The van der Waals surface area contributed by atoms with Crippen molar-refractivity contribution in [3.8, 4) is 0 Å². The van der Waals surface area contributed by atoms with Gasteiger partial charge in [0.05, 0.1) is 0 Å². The molecule has 0 aromatic heterocycles. The van der Waals surface area contributed by atoms with Crippen LogP contribution in [0, 0.1) is 0 Å². The van der Waals surface area contributed by atoms with Gasteiger partial charge in [-0.1, -0.05) is 23.2 Å². The van der Waals surface area contributed by atoms with Gasteiger partial charge in [-0.25, -0.2) is 4.79 Å². The van der Waals surface area contributed by atoms with Crippen LogP contribution in [0.1, 0.15) is 0 Å².